The molecular weight excluding hydrogens is 332 g/mol. The number of ether oxygens (including phenoxy) is 1. The van der Waals surface area contributed by atoms with Crippen molar-refractivity contribution < 1.29 is 23.8 Å². The molecule has 0 amide bonds. The molecule has 0 atom stereocenters. The number of aromatic hydroxyl groups is 1. The minimum atomic E-state index is -0.475. The summed E-state index contributed by atoms with van der Waals surface area (Å²) in [5, 5.41) is 9.42. The third-order valence-electron chi connectivity index (χ3n) is 3.80. The minimum Gasteiger partial charge on any atom is -0.508 e. The molecule has 0 aliphatic heterocycles. The molecule has 0 radical (unpaired) electrons. The normalized spacial score (nSPS) is 11.2. The number of methoxy groups -OCH3 is 1. The van der Waals surface area contributed by atoms with E-state index in [-0.39, 0.29) is 22.4 Å². The first-order valence-corrected chi connectivity index (χ1v) is 7.87. The van der Waals surface area contributed by atoms with Crippen molar-refractivity contribution in [2.45, 2.75) is 0 Å². The number of benzene rings is 2. The van der Waals surface area contributed by atoms with Crippen molar-refractivity contribution in [2.75, 3.05) is 7.11 Å². The molecule has 1 N–H and O–H groups in total. The highest BCUT2D eigenvalue weighted by Gasteiger charge is 2.24. The number of phenolic OH excluding ortho intramolecular Hbond substituents is 1. The lowest BCUT2D eigenvalue weighted by molar-refractivity contribution is 0.0963. The summed E-state index contributed by atoms with van der Waals surface area (Å²) in [5.74, 6) is -0.153. The highest BCUT2D eigenvalue weighted by Crippen LogP contribution is 2.25. The van der Waals surface area contributed by atoms with Gasteiger partial charge in [0.05, 0.1) is 24.5 Å². The van der Waals surface area contributed by atoms with Gasteiger partial charge in [-0.25, -0.2) is 0 Å². The Morgan fingerprint density at radius 2 is 1.69 bits per heavy atom. The molecule has 3 aromatic rings. The van der Waals surface area contributed by atoms with Crippen LogP contribution in [0.1, 0.15) is 26.5 Å². The number of Topliss-reactive ketones (excluding diaryl/α,β-unsaturated/α-hetero) is 2. The second kappa shape index (κ2) is 7.53. The Morgan fingerprint density at radius 1 is 0.962 bits per heavy atom. The zero-order valence-corrected chi connectivity index (χ0v) is 14.0. The van der Waals surface area contributed by atoms with Crippen molar-refractivity contribution in [1.29, 1.82) is 0 Å². The summed E-state index contributed by atoms with van der Waals surface area (Å²) >= 11 is 0. The lowest BCUT2D eigenvalue weighted by atomic mass is 9.94. The molecule has 2 aromatic carbocycles. The summed E-state index contributed by atoms with van der Waals surface area (Å²) in [7, 11) is 1.46. The molecule has 0 spiro atoms. The lowest BCUT2D eigenvalue weighted by Gasteiger charge is -2.10. The molecule has 3 rings (SSSR count). The van der Waals surface area contributed by atoms with E-state index in [4.69, 9.17) is 9.15 Å². The van der Waals surface area contributed by atoms with E-state index in [2.05, 4.69) is 0 Å². The van der Waals surface area contributed by atoms with Gasteiger partial charge in [-0.1, -0.05) is 12.1 Å². The molecule has 0 bridgehead atoms. The van der Waals surface area contributed by atoms with Crippen molar-refractivity contribution in [3.8, 4) is 11.5 Å². The molecular formula is C21H16O5. The topological polar surface area (TPSA) is 76.7 Å². The molecule has 26 heavy (non-hydrogen) atoms. The SMILES string of the molecule is COc1ccccc1C(=O)/C(=C/c1ccco1)C(=O)c1ccc(O)cc1. The van der Waals surface area contributed by atoms with Gasteiger partial charge in [-0.3, -0.25) is 9.59 Å². The van der Waals surface area contributed by atoms with E-state index in [1.807, 2.05) is 0 Å². The summed E-state index contributed by atoms with van der Waals surface area (Å²) in [6.45, 7) is 0. The molecule has 0 aliphatic rings. The molecule has 130 valence electrons. The predicted molar refractivity (Wildman–Crippen MR) is 96.4 cm³/mol. The standard InChI is InChI=1S/C21H16O5/c1-25-19-7-3-2-6-17(19)21(24)18(13-16-5-4-12-26-16)20(23)14-8-10-15(22)11-9-14/h2-13,22H,1H3/b18-13+. The monoisotopic (exact) mass is 348 g/mol. The number of furan rings is 1. The second-order valence-electron chi connectivity index (χ2n) is 5.48. The molecule has 5 nitrogen and oxygen atoms in total. The largest absolute Gasteiger partial charge is 0.508 e. The fraction of sp³-hybridized carbons (Fsp3) is 0.0476. The van der Waals surface area contributed by atoms with Crippen molar-refractivity contribution >= 4 is 17.6 Å². The minimum absolute atomic E-state index is 0.0363. The van der Waals surface area contributed by atoms with Gasteiger partial charge >= 0.3 is 0 Å². The molecule has 0 unspecified atom stereocenters. The number of hydrogen-bond donors (Lipinski definition) is 1. The first-order chi connectivity index (χ1) is 12.6. The van der Waals surface area contributed by atoms with Crippen LogP contribution in [0, 0.1) is 0 Å². The summed E-state index contributed by atoms with van der Waals surface area (Å²) in [6.07, 6.45) is 2.87. The summed E-state index contributed by atoms with van der Waals surface area (Å²) in [6, 6.07) is 15.7. The number of para-hydroxylation sites is 1. The molecule has 0 aliphatic carbocycles. The summed E-state index contributed by atoms with van der Waals surface area (Å²) in [4.78, 5) is 26.0. The van der Waals surface area contributed by atoms with E-state index in [0.717, 1.165) is 0 Å². The number of carbonyl (C=O) groups excluding carboxylic acids is 2. The molecule has 0 saturated carbocycles. The Hall–Kier alpha value is -3.60. The number of carbonyl (C=O) groups is 2. The quantitative estimate of drug-likeness (QED) is 0.313. The fourth-order valence-electron chi connectivity index (χ4n) is 2.50. The van der Waals surface area contributed by atoms with Crippen LogP contribution in [0.5, 0.6) is 11.5 Å². The Kier molecular flexibility index (Phi) is 4.99. The van der Waals surface area contributed by atoms with Gasteiger partial charge in [-0.05, 0) is 54.6 Å². The molecule has 0 fully saturated rings. The van der Waals surface area contributed by atoms with Crippen molar-refractivity contribution in [3.63, 3.8) is 0 Å². The Labute approximate surface area is 150 Å². The first kappa shape index (κ1) is 17.2. The van der Waals surface area contributed by atoms with Gasteiger partial charge in [0, 0.05) is 5.56 Å². The van der Waals surface area contributed by atoms with E-state index in [9.17, 15) is 14.7 Å². The summed E-state index contributed by atoms with van der Waals surface area (Å²) < 4.78 is 10.5. The van der Waals surface area contributed by atoms with Crippen LogP contribution < -0.4 is 4.74 Å². The highest BCUT2D eigenvalue weighted by molar-refractivity contribution is 6.33. The maximum Gasteiger partial charge on any atom is 0.200 e. The zero-order chi connectivity index (χ0) is 18.5. The summed E-state index contributed by atoms with van der Waals surface area (Å²) in [5.41, 5.74) is 0.499. The average molecular weight is 348 g/mol. The van der Waals surface area contributed by atoms with Crippen LogP contribution in [0.3, 0.4) is 0 Å². The van der Waals surface area contributed by atoms with Crippen LogP contribution in [-0.2, 0) is 0 Å². The van der Waals surface area contributed by atoms with Gasteiger partial charge in [-0.15, -0.1) is 0 Å². The van der Waals surface area contributed by atoms with Crippen LogP contribution in [0.25, 0.3) is 6.08 Å². The third kappa shape index (κ3) is 3.57. The van der Waals surface area contributed by atoms with Crippen LogP contribution in [0.15, 0.2) is 76.9 Å². The predicted octanol–water partition coefficient (Wildman–Crippen LogP) is 4.14. The van der Waals surface area contributed by atoms with Gasteiger partial charge in [0.1, 0.15) is 17.3 Å². The first-order valence-electron chi connectivity index (χ1n) is 7.87. The van der Waals surface area contributed by atoms with Crippen LogP contribution in [0.4, 0.5) is 0 Å². The Bertz CT molecular complexity index is 950. The number of phenols is 1. The fourth-order valence-corrected chi connectivity index (χ4v) is 2.50. The van der Waals surface area contributed by atoms with Gasteiger partial charge in [0.15, 0.2) is 5.78 Å². The third-order valence-corrected chi connectivity index (χ3v) is 3.80. The second-order valence-corrected chi connectivity index (χ2v) is 5.48. The zero-order valence-electron chi connectivity index (χ0n) is 14.0. The average Bonchev–Trinajstić information content (AvgIpc) is 3.19. The number of allylic oxidation sites excluding steroid dienone is 1. The van der Waals surface area contributed by atoms with E-state index in [0.29, 0.717) is 11.5 Å². The molecule has 0 saturated heterocycles. The number of rotatable bonds is 6. The van der Waals surface area contributed by atoms with E-state index in [1.165, 1.54) is 43.7 Å². The van der Waals surface area contributed by atoms with E-state index < -0.39 is 11.6 Å². The van der Waals surface area contributed by atoms with Gasteiger partial charge in [-0.2, -0.15) is 0 Å². The van der Waals surface area contributed by atoms with Gasteiger partial charge < -0.3 is 14.3 Å². The Balaban J connectivity index is 2.08. The smallest absolute Gasteiger partial charge is 0.200 e. The maximum absolute atomic E-state index is 13.1. The maximum atomic E-state index is 13.1. The van der Waals surface area contributed by atoms with Crippen LogP contribution in [-0.4, -0.2) is 23.8 Å². The van der Waals surface area contributed by atoms with E-state index in [1.54, 1.807) is 36.4 Å². The van der Waals surface area contributed by atoms with Gasteiger partial charge in [0.2, 0.25) is 5.78 Å². The lowest BCUT2D eigenvalue weighted by Crippen LogP contribution is -2.14. The molecule has 1 heterocycles. The van der Waals surface area contributed by atoms with Crippen LogP contribution in [0.2, 0.25) is 0 Å². The Morgan fingerprint density at radius 3 is 2.35 bits per heavy atom. The van der Waals surface area contributed by atoms with Crippen LogP contribution >= 0.6 is 0 Å². The highest BCUT2D eigenvalue weighted by atomic mass is 16.5. The van der Waals surface area contributed by atoms with Crippen molar-refractivity contribution in [3.05, 3.63) is 89.4 Å². The number of hydrogen-bond acceptors (Lipinski definition) is 5. The molecule has 1 aromatic heterocycles. The molecule has 5 heteroatoms. The van der Waals surface area contributed by atoms with E-state index >= 15 is 0 Å². The number of ketones is 2. The van der Waals surface area contributed by atoms with Gasteiger partial charge in [0.25, 0.3) is 0 Å². The van der Waals surface area contributed by atoms with Crippen molar-refractivity contribution in [2.24, 2.45) is 0 Å². The van der Waals surface area contributed by atoms with Crippen molar-refractivity contribution in [1.82, 2.24) is 0 Å².